The molecule has 0 fully saturated rings. The van der Waals surface area contributed by atoms with Crippen LogP contribution in [0.15, 0.2) is 52.5 Å². The van der Waals surface area contributed by atoms with Crippen molar-refractivity contribution in [1.82, 2.24) is 19.9 Å². The van der Waals surface area contributed by atoms with Crippen molar-refractivity contribution in [2.75, 3.05) is 5.75 Å². The van der Waals surface area contributed by atoms with Crippen LogP contribution in [0.25, 0.3) is 16.7 Å². The Morgan fingerprint density at radius 3 is 2.73 bits per heavy atom. The number of carbonyl (C=O) groups is 2. The number of para-hydroxylation sites is 1. The molecule has 2 heterocycles. The van der Waals surface area contributed by atoms with Crippen LogP contribution in [0.3, 0.4) is 0 Å². The number of primary amides is 1. The predicted molar refractivity (Wildman–Crippen MR) is 98.3 cm³/mol. The fourth-order valence-electron chi connectivity index (χ4n) is 2.41. The minimum Gasteiger partial charge on any atom is -0.351 e. The van der Waals surface area contributed by atoms with Gasteiger partial charge in [-0.25, -0.2) is 19.3 Å². The first-order valence-electron chi connectivity index (χ1n) is 7.63. The van der Waals surface area contributed by atoms with Crippen molar-refractivity contribution < 1.29 is 9.59 Å². The largest absolute Gasteiger partial charge is 0.351 e. The van der Waals surface area contributed by atoms with Crippen molar-refractivity contribution in [2.24, 2.45) is 5.73 Å². The van der Waals surface area contributed by atoms with Crippen LogP contribution in [-0.4, -0.2) is 32.2 Å². The van der Waals surface area contributed by atoms with Crippen LogP contribution >= 0.6 is 11.8 Å². The third-order valence-electron chi connectivity index (χ3n) is 3.53. The van der Waals surface area contributed by atoms with Crippen molar-refractivity contribution in [3.8, 4) is 5.82 Å². The topological polar surface area (TPSA) is 120 Å². The van der Waals surface area contributed by atoms with E-state index in [0.29, 0.717) is 21.9 Å². The number of urea groups is 1. The number of aryl methyl sites for hydroxylation is 1. The molecule has 2 aromatic heterocycles. The first-order valence-corrected chi connectivity index (χ1v) is 8.62. The standard InChI is InChI=1S/C17H15N5O3S/c1-10-5-4-8-19-14(10)22-15(24)11-6-2-3-7-12(11)20-17(22)26-9-13(23)21-16(18)25/h2-8H,9H2,1H3,(H3,18,21,23,25). The molecule has 0 bridgehead atoms. The van der Waals surface area contributed by atoms with Crippen molar-refractivity contribution in [1.29, 1.82) is 0 Å². The van der Waals surface area contributed by atoms with Crippen molar-refractivity contribution in [3.05, 3.63) is 58.5 Å². The number of amides is 3. The van der Waals surface area contributed by atoms with Gasteiger partial charge in [0.2, 0.25) is 5.91 Å². The second kappa shape index (κ2) is 7.36. The van der Waals surface area contributed by atoms with Gasteiger partial charge in [-0.3, -0.25) is 14.9 Å². The molecule has 0 aliphatic carbocycles. The summed E-state index contributed by atoms with van der Waals surface area (Å²) in [7, 11) is 0. The molecule has 9 heteroatoms. The van der Waals surface area contributed by atoms with Crippen LogP contribution in [0.4, 0.5) is 4.79 Å². The summed E-state index contributed by atoms with van der Waals surface area (Å²) >= 11 is 1.02. The number of hydrogen-bond donors (Lipinski definition) is 2. The minimum absolute atomic E-state index is 0.125. The van der Waals surface area contributed by atoms with Crippen LogP contribution in [0.2, 0.25) is 0 Å². The molecule has 0 aliphatic heterocycles. The van der Waals surface area contributed by atoms with E-state index in [1.807, 2.05) is 18.3 Å². The Morgan fingerprint density at radius 2 is 2.00 bits per heavy atom. The van der Waals surface area contributed by atoms with Gasteiger partial charge in [0, 0.05) is 6.20 Å². The molecule has 0 aliphatic rings. The Kier molecular flexibility index (Phi) is 4.99. The second-order valence-corrected chi connectivity index (χ2v) is 6.34. The lowest BCUT2D eigenvalue weighted by Gasteiger charge is -2.13. The molecule has 26 heavy (non-hydrogen) atoms. The number of nitrogens with one attached hydrogen (secondary N) is 1. The van der Waals surface area contributed by atoms with Crippen LogP contribution in [0.1, 0.15) is 5.56 Å². The van der Waals surface area contributed by atoms with Crippen molar-refractivity contribution >= 4 is 34.6 Å². The number of rotatable bonds is 4. The Bertz CT molecular complexity index is 1060. The third-order valence-corrected chi connectivity index (χ3v) is 4.47. The lowest BCUT2D eigenvalue weighted by atomic mass is 10.2. The molecule has 3 amide bonds. The van der Waals surface area contributed by atoms with E-state index in [9.17, 15) is 14.4 Å². The summed E-state index contributed by atoms with van der Waals surface area (Å²) in [5.41, 5.74) is 5.96. The van der Waals surface area contributed by atoms with Gasteiger partial charge in [-0.05, 0) is 30.7 Å². The highest BCUT2D eigenvalue weighted by Crippen LogP contribution is 2.21. The smallest absolute Gasteiger partial charge is 0.318 e. The zero-order valence-electron chi connectivity index (χ0n) is 13.8. The number of pyridine rings is 1. The van der Waals surface area contributed by atoms with Crippen LogP contribution in [0, 0.1) is 6.92 Å². The molecule has 1 aromatic carbocycles. The van der Waals surface area contributed by atoms with Crippen LogP contribution < -0.4 is 16.6 Å². The summed E-state index contributed by atoms with van der Waals surface area (Å²) in [6.07, 6.45) is 1.58. The van der Waals surface area contributed by atoms with Gasteiger partial charge in [0.25, 0.3) is 5.56 Å². The van der Waals surface area contributed by atoms with E-state index in [-0.39, 0.29) is 11.3 Å². The van der Waals surface area contributed by atoms with Crippen molar-refractivity contribution in [2.45, 2.75) is 12.1 Å². The molecule has 8 nitrogen and oxygen atoms in total. The van der Waals surface area contributed by atoms with Gasteiger partial charge in [-0.2, -0.15) is 0 Å². The van der Waals surface area contributed by atoms with E-state index >= 15 is 0 Å². The van der Waals surface area contributed by atoms with Crippen LogP contribution in [-0.2, 0) is 4.79 Å². The molecule has 0 unspecified atom stereocenters. The summed E-state index contributed by atoms with van der Waals surface area (Å²) in [6, 6.07) is 9.62. The van der Waals surface area contributed by atoms with Gasteiger partial charge in [-0.1, -0.05) is 30.0 Å². The SMILES string of the molecule is Cc1cccnc1-n1c(SCC(=O)NC(N)=O)nc2ccccc2c1=O. The van der Waals surface area contributed by atoms with Gasteiger partial charge in [0.05, 0.1) is 16.7 Å². The summed E-state index contributed by atoms with van der Waals surface area (Å²) < 4.78 is 1.37. The molecule has 132 valence electrons. The lowest BCUT2D eigenvalue weighted by Crippen LogP contribution is -2.36. The summed E-state index contributed by atoms with van der Waals surface area (Å²) in [4.78, 5) is 44.3. The van der Waals surface area contributed by atoms with Crippen LogP contribution in [0.5, 0.6) is 0 Å². The molecule has 0 spiro atoms. The van der Waals surface area contributed by atoms with E-state index in [1.54, 1.807) is 36.5 Å². The van der Waals surface area contributed by atoms with E-state index in [1.165, 1.54) is 4.57 Å². The number of nitrogens with two attached hydrogens (primary N) is 1. The lowest BCUT2D eigenvalue weighted by molar-refractivity contribution is -0.117. The van der Waals surface area contributed by atoms with Crippen molar-refractivity contribution in [3.63, 3.8) is 0 Å². The molecule has 0 atom stereocenters. The molecule has 0 saturated carbocycles. The van der Waals surface area contributed by atoms with Gasteiger partial charge in [-0.15, -0.1) is 0 Å². The maximum absolute atomic E-state index is 13.0. The maximum Gasteiger partial charge on any atom is 0.318 e. The highest BCUT2D eigenvalue weighted by atomic mass is 32.2. The Labute approximate surface area is 152 Å². The summed E-state index contributed by atoms with van der Waals surface area (Å²) in [5, 5.41) is 2.73. The first kappa shape index (κ1) is 17.6. The highest BCUT2D eigenvalue weighted by Gasteiger charge is 2.17. The molecule has 3 aromatic rings. The number of aromatic nitrogens is 3. The Morgan fingerprint density at radius 1 is 1.23 bits per heavy atom. The normalized spacial score (nSPS) is 10.7. The number of fused-ring (bicyclic) bond motifs is 1. The van der Waals surface area contributed by atoms with Gasteiger partial charge < -0.3 is 5.73 Å². The molecule has 3 N–H and O–H groups in total. The average molecular weight is 369 g/mol. The number of benzene rings is 1. The molecule has 0 radical (unpaired) electrons. The number of hydrogen-bond acceptors (Lipinski definition) is 6. The summed E-state index contributed by atoms with van der Waals surface area (Å²) in [5.74, 6) is -0.262. The monoisotopic (exact) mass is 369 g/mol. The fourth-order valence-corrected chi connectivity index (χ4v) is 3.20. The Hall–Kier alpha value is -3.20. The van der Waals surface area contributed by atoms with Gasteiger partial charge >= 0.3 is 6.03 Å². The number of imide groups is 1. The second-order valence-electron chi connectivity index (χ2n) is 5.40. The zero-order chi connectivity index (χ0) is 18.7. The van der Waals surface area contributed by atoms with Gasteiger partial charge in [0.15, 0.2) is 5.16 Å². The molecular weight excluding hydrogens is 354 g/mol. The van der Waals surface area contributed by atoms with E-state index in [0.717, 1.165) is 17.3 Å². The number of carbonyl (C=O) groups excluding carboxylic acids is 2. The van der Waals surface area contributed by atoms with E-state index in [2.05, 4.69) is 9.97 Å². The average Bonchev–Trinajstić information content (AvgIpc) is 2.60. The molecular formula is C17H15N5O3S. The highest BCUT2D eigenvalue weighted by molar-refractivity contribution is 7.99. The summed E-state index contributed by atoms with van der Waals surface area (Å²) in [6.45, 7) is 1.83. The van der Waals surface area contributed by atoms with E-state index < -0.39 is 11.9 Å². The zero-order valence-corrected chi connectivity index (χ0v) is 14.6. The number of nitrogens with zero attached hydrogens (tertiary/aromatic N) is 3. The third kappa shape index (κ3) is 3.57. The quantitative estimate of drug-likeness (QED) is 0.529. The Balaban J connectivity index is 2.12. The number of thioether (sulfide) groups is 1. The minimum atomic E-state index is -0.931. The van der Waals surface area contributed by atoms with E-state index in [4.69, 9.17) is 5.73 Å². The van der Waals surface area contributed by atoms with Gasteiger partial charge in [0.1, 0.15) is 5.82 Å². The molecule has 0 saturated heterocycles. The maximum atomic E-state index is 13.0. The molecule has 3 rings (SSSR count). The predicted octanol–water partition coefficient (Wildman–Crippen LogP) is 1.38. The first-order chi connectivity index (χ1) is 12.5. The fraction of sp³-hybridized carbons (Fsp3) is 0.118.